The van der Waals surface area contributed by atoms with E-state index in [0.717, 1.165) is 38.5 Å². The van der Waals surface area contributed by atoms with Crippen molar-refractivity contribution < 1.29 is 10.2 Å². The van der Waals surface area contributed by atoms with Crippen molar-refractivity contribution in [2.45, 2.75) is 84.1 Å². The molecule has 0 aromatic carbocycles. The summed E-state index contributed by atoms with van der Waals surface area (Å²) in [6.45, 7) is 4.12. The molecule has 0 aromatic rings. The zero-order valence-corrected chi connectivity index (χ0v) is 11.8. The largest absolute Gasteiger partial charge is 0.393 e. The summed E-state index contributed by atoms with van der Waals surface area (Å²) in [5.74, 6) is 0.822. The minimum Gasteiger partial charge on any atom is -0.393 e. The topological polar surface area (TPSA) is 92.5 Å². The molecule has 0 saturated heterocycles. The summed E-state index contributed by atoms with van der Waals surface area (Å²) in [5, 5.41) is 18.5. The molecule has 0 bridgehead atoms. The molecule has 4 nitrogen and oxygen atoms in total. The van der Waals surface area contributed by atoms with Gasteiger partial charge in [-0.05, 0) is 50.4 Å². The van der Waals surface area contributed by atoms with E-state index in [4.69, 9.17) is 11.5 Å². The van der Waals surface area contributed by atoms with Crippen molar-refractivity contribution in [1.82, 2.24) is 0 Å². The van der Waals surface area contributed by atoms with Crippen LogP contribution in [0, 0.1) is 11.8 Å². The molecule has 2 fully saturated rings. The summed E-state index contributed by atoms with van der Waals surface area (Å²) in [4.78, 5) is 0. The van der Waals surface area contributed by atoms with Crippen LogP contribution in [0.25, 0.3) is 0 Å². The molecule has 116 valence electrons. The molecule has 0 spiro atoms. The molecule has 0 heterocycles. The highest BCUT2D eigenvalue weighted by molar-refractivity contribution is 4.79. The molecule has 0 amide bonds. The number of nitrogens with two attached hydrogens (primary N) is 2. The van der Waals surface area contributed by atoms with Crippen LogP contribution in [0.2, 0.25) is 0 Å². The second-order valence-electron chi connectivity index (χ2n) is 6.24. The van der Waals surface area contributed by atoms with E-state index in [-0.39, 0.29) is 19.6 Å². The molecule has 4 heteroatoms. The summed E-state index contributed by atoms with van der Waals surface area (Å²) in [6, 6.07) is 0.673. The van der Waals surface area contributed by atoms with Gasteiger partial charge in [0, 0.05) is 12.1 Å². The third-order valence-corrected chi connectivity index (χ3v) is 4.33. The van der Waals surface area contributed by atoms with Gasteiger partial charge in [0.25, 0.3) is 0 Å². The number of hydrogen-bond donors (Lipinski definition) is 4. The lowest BCUT2D eigenvalue weighted by Gasteiger charge is -2.28. The Morgan fingerprint density at radius 2 is 1.05 bits per heavy atom. The van der Waals surface area contributed by atoms with Gasteiger partial charge in [0.1, 0.15) is 0 Å². The van der Waals surface area contributed by atoms with E-state index in [1.54, 1.807) is 0 Å². The summed E-state index contributed by atoms with van der Waals surface area (Å²) in [7, 11) is 0. The smallest absolute Gasteiger partial charge is 0.0566 e. The monoisotopic (exact) mass is 274 g/mol. The summed E-state index contributed by atoms with van der Waals surface area (Å²) >= 11 is 0. The molecule has 2 aliphatic rings. The Morgan fingerprint density at radius 1 is 0.737 bits per heavy atom. The van der Waals surface area contributed by atoms with E-state index < -0.39 is 0 Å². The van der Waals surface area contributed by atoms with Crippen molar-refractivity contribution in [2.24, 2.45) is 23.3 Å². The van der Waals surface area contributed by atoms with Crippen LogP contribution in [-0.2, 0) is 0 Å². The van der Waals surface area contributed by atoms with Crippen LogP contribution in [0.4, 0.5) is 0 Å². The van der Waals surface area contributed by atoms with Crippen molar-refractivity contribution in [3.63, 3.8) is 0 Å². The lowest BCUT2D eigenvalue weighted by atomic mass is 9.85. The number of hydrogen-bond acceptors (Lipinski definition) is 4. The van der Waals surface area contributed by atoms with Gasteiger partial charge in [0.15, 0.2) is 0 Å². The average Bonchev–Trinajstić information content (AvgIpc) is 2.30. The van der Waals surface area contributed by atoms with Gasteiger partial charge in [-0.15, -0.1) is 0 Å². The fourth-order valence-corrected chi connectivity index (χ4v) is 2.84. The van der Waals surface area contributed by atoms with E-state index >= 15 is 0 Å². The van der Waals surface area contributed by atoms with Crippen molar-refractivity contribution in [3.8, 4) is 0 Å². The molecule has 19 heavy (non-hydrogen) atoms. The SMILES string of the molecule is C.C[C@@H]1C[C@@H](N)CC[C@H]1O.C[C@H]1C[C@H](N)CC[C@@H]1O. The summed E-state index contributed by atoms with van der Waals surface area (Å²) in [6.07, 6.45) is 5.55. The third kappa shape index (κ3) is 6.70. The van der Waals surface area contributed by atoms with Gasteiger partial charge < -0.3 is 21.7 Å². The normalized spacial score (nSPS) is 42.6. The minimum atomic E-state index is -0.0928. The third-order valence-electron chi connectivity index (χ3n) is 4.33. The Morgan fingerprint density at radius 3 is 1.26 bits per heavy atom. The van der Waals surface area contributed by atoms with Crippen LogP contribution in [-0.4, -0.2) is 34.5 Å². The van der Waals surface area contributed by atoms with Gasteiger partial charge >= 0.3 is 0 Å². The van der Waals surface area contributed by atoms with Gasteiger partial charge in [0.2, 0.25) is 0 Å². The van der Waals surface area contributed by atoms with E-state index in [1.165, 1.54) is 0 Å². The zero-order chi connectivity index (χ0) is 13.7. The van der Waals surface area contributed by atoms with E-state index in [1.807, 2.05) is 0 Å². The van der Waals surface area contributed by atoms with Crippen LogP contribution in [0.15, 0.2) is 0 Å². The summed E-state index contributed by atoms with van der Waals surface area (Å²) < 4.78 is 0. The molecule has 6 N–H and O–H groups in total. The molecular weight excluding hydrogens is 240 g/mol. The summed E-state index contributed by atoms with van der Waals surface area (Å²) in [5.41, 5.74) is 11.4. The van der Waals surface area contributed by atoms with Crippen molar-refractivity contribution >= 4 is 0 Å². The molecule has 0 aliphatic heterocycles. The maximum Gasteiger partial charge on any atom is 0.0566 e. The molecular formula is C15H34N2O2. The van der Waals surface area contributed by atoms with Crippen LogP contribution in [0.1, 0.15) is 59.8 Å². The standard InChI is InChI=1S/2C7H15NO.CH4/c2*1-5-4-6(8)2-3-7(5)9;/h2*5-7,9H,2-4,8H2,1H3;1H4/t2*5-,6+,7-;/m10./s1. The highest BCUT2D eigenvalue weighted by Gasteiger charge is 2.23. The lowest BCUT2D eigenvalue weighted by Crippen LogP contribution is -2.34. The first-order valence-corrected chi connectivity index (χ1v) is 7.27. The fraction of sp³-hybridized carbons (Fsp3) is 1.00. The van der Waals surface area contributed by atoms with Gasteiger partial charge in [-0.1, -0.05) is 21.3 Å². The second kappa shape index (κ2) is 8.90. The van der Waals surface area contributed by atoms with Crippen LogP contribution >= 0.6 is 0 Å². The van der Waals surface area contributed by atoms with Crippen LogP contribution < -0.4 is 11.5 Å². The first-order chi connectivity index (χ1) is 8.40. The molecule has 2 rings (SSSR count). The van der Waals surface area contributed by atoms with Crippen molar-refractivity contribution in [1.29, 1.82) is 0 Å². The highest BCUT2D eigenvalue weighted by Crippen LogP contribution is 2.23. The Balaban J connectivity index is 0.000000324. The van der Waals surface area contributed by atoms with Crippen molar-refractivity contribution in [2.75, 3.05) is 0 Å². The molecule has 0 radical (unpaired) electrons. The second-order valence-corrected chi connectivity index (χ2v) is 6.24. The molecule has 0 unspecified atom stereocenters. The highest BCUT2D eigenvalue weighted by atomic mass is 16.3. The number of rotatable bonds is 0. The van der Waals surface area contributed by atoms with E-state index in [0.29, 0.717) is 23.9 Å². The predicted octanol–water partition coefficient (Wildman–Crippen LogP) is 1.63. The number of aliphatic hydroxyl groups is 2. The minimum absolute atomic E-state index is 0. The average molecular weight is 274 g/mol. The van der Waals surface area contributed by atoms with Gasteiger partial charge in [0.05, 0.1) is 12.2 Å². The van der Waals surface area contributed by atoms with Gasteiger partial charge in [-0.3, -0.25) is 0 Å². The first kappa shape index (κ1) is 18.8. The lowest BCUT2D eigenvalue weighted by molar-refractivity contribution is 0.0720. The number of aliphatic hydroxyl groups excluding tert-OH is 2. The van der Waals surface area contributed by atoms with Crippen LogP contribution in [0.3, 0.4) is 0 Å². The van der Waals surface area contributed by atoms with Gasteiger partial charge in [-0.25, -0.2) is 0 Å². The van der Waals surface area contributed by atoms with E-state index in [9.17, 15) is 10.2 Å². The van der Waals surface area contributed by atoms with Crippen LogP contribution in [0.5, 0.6) is 0 Å². The molecule has 0 aromatic heterocycles. The molecule has 2 aliphatic carbocycles. The van der Waals surface area contributed by atoms with Gasteiger partial charge in [-0.2, -0.15) is 0 Å². The molecule has 6 atom stereocenters. The maximum absolute atomic E-state index is 9.24. The Bertz CT molecular complexity index is 214. The Hall–Kier alpha value is -0.160. The fourth-order valence-electron chi connectivity index (χ4n) is 2.84. The van der Waals surface area contributed by atoms with Crippen molar-refractivity contribution in [3.05, 3.63) is 0 Å². The predicted molar refractivity (Wildman–Crippen MR) is 80.7 cm³/mol. The first-order valence-electron chi connectivity index (χ1n) is 7.27. The quantitative estimate of drug-likeness (QED) is 0.540. The maximum atomic E-state index is 9.24. The molecule has 2 saturated carbocycles. The Kier molecular flexibility index (Phi) is 8.83. The Labute approximate surface area is 118 Å². The zero-order valence-electron chi connectivity index (χ0n) is 11.8. The van der Waals surface area contributed by atoms with E-state index in [2.05, 4.69) is 13.8 Å².